The van der Waals surface area contributed by atoms with Crippen molar-refractivity contribution in [2.75, 3.05) is 0 Å². The third kappa shape index (κ3) is 2.53. The van der Waals surface area contributed by atoms with E-state index in [2.05, 4.69) is 38.2 Å². The average molecular weight is 150 g/mol. The molecule has 0 heterocycles. The van der Waals surface area contributed by atoms with Crippen molar-refractivity contribution in [3.05, 3.63) is 24.3 Å². The van der Waals surface area contributed by atoms with Crippen LogP contribution in [0.3, 0.4) is 0 Å². The molecule has 0 spiro atoms. The largest absolute Gasteiger partial charge is 0.0917 e. The molecule has 0 N–H and O–H groups in total. The SMILES string of the molecule is CC=CCC1CCC=CC1C. The van der Waals surface area contributed by atoms with E-state index in [1.807, 2.05) is 0 Å². The van der Waals surface area contributed by atoms with Crippen LogP contribution in [0.25, 0.3) is 0 Å². The summed E-state index contributed by atoms with van der Waals surface area (Å²) in [4.78, 5) is 0. The molecule has 0 saturated carbocycles. The van der Waals surface area contributed by atoms with Gasteiger partial charge in [0.15, 0.2) is 0 Å². The van der Waals surface area contributed by atoms with Gasteiger partial charge in [0, 0.05) is 0 Å². The quantitative estimate of drug-likeness (QED) is 0.528. The highest BCUT2D eigenvalue weighted by Gasteiger charge is 2.15. The number of rotatable bonds is 2. The highest BCUT2D eigenvalue weighted by atomic mass is 14.2. The van der Waals surface area contributed by atoms with E-state index >= 15 is 0 Å². The van der Waals surface area contributed by atoms with Crippen LogP contribution in [0.15, 0.2) is 24.3 Å². The first kappa shape index (κ1) is 8.58. The summed E-state index contributed by atoms with van der Waals surface area (Å²) in [6.45, 7) is 4.42. The van der Waals surface area contributed by atoms with Crippen LogP contribution >= 0.6 is 0 Å². The van der Waals surface area contributed by atoms with Crippen LogP contribution in [0.1, 0.15) is 33.1 Å². The van der Waals surface area contributed by atoms with Gasteiger partial charge < -0.3 is 0 Å². The van der Waals surface area contributed by atoms with Crippen LogP contribution in [-0.2, 0) is 0 Å². The van der Waals surface area contributed by atoms with Crippen molar-refractivity contribution in [3.63, 3.8) is 0 Å². The van der Waals surface area contributed by atoms with Crippen molar-refractivity contribution in [1.29, 1.82) is 0 Å². The zero-order chi connectivity index (χ0) is 8.10. The van der Waals surface area contributed by atoms with Crippen LogP contribution in [-0.4, -0.2) is 0 Å². The second-order valence-corrected chi connectivity index (χ2v) is 3.43. The molecular weight excluding hydrogens is 132 g/mol. The van der Waals surface area contributed by atoms with Crippen molar-refractivity contribution in [1.82, 2.24) is 0 Å². The summed E-state index contributed by atoms with van der Waals surface area (Å²) in [5.74, 6) is 1.69. The molecule has 0 aromatic carbocycles. The maximum Gasteiger partial charge on any atom is -0.0231 e. The van der Waals surface area contributed by atoms with Gasteiger partial charge in [-0.05, 0) is 38.0 Å². The minimum absolute atomic E-state index is 0.792. The monoisotopic (exact) mass is 150 g/mol. The zero-order valence-corrected chi connectivity index (χ0v) is 7.59. The van der Waals surface area contributed by atoms with Gasteiger partial charge in [-0.1, -0.05) is 31.2 Å². The van der Waals surface area contributed by atoms with Crippen LogP contribution in [0, 0.1) is 11.8 Å². The minimum Gasteiger partial charge on any atom is -0.0917 e. The predicted molar refractivity (Wildman–Crippen MR) is 50.5 cm³/mol. The average Bonchev–Trinajstić information content (AvgIpc) is 2.03. The normalized spacial score (nSPS) is 31.5. The second-order valence-electron chi connectivity index (χ2n) is 3.43. The lowest BCUT2D eigenvalue weighted by Gasteiger charge is -2.22. The molecule has 0 bridgehead atoms. The molecule has 0 aromatic rings. The Labute approximate surface area is 70.0 Å². The van der Waals surface area contributed by atoms with Crippen molar-refractivity contribution in [3.8, 4) is 0 Å². The van der Waals surface area contributed by atoms with Gasteiger partial charge in [-0.15, -0.1) is 0 Å². The third-order valence-electron chi connectivity index (χ3n) is 2.56. The Balaban J connectivity index is 2.38. The van der Waals surface area contributed by atoms with E-state index in [0.29, 0.717) is 0 Å². The fourth-order valence-electron chi connectivity index (χ4n) is 1.68. The summed E-state index contributed by atoms with van der Waals surface area (Å²) < 4.78 is 0. The Bertz CT molecular complexity index is 153. The molecule has 0 aromatic heterocycles. The van der Waals surface area contributed by atoms with Crippen molar-refractivity contribution < 1.29 is 0 Å². The molecule has 0 fully saturated rings. The van der Waals surface area contributed by atoms with E-state index < -0.39 is 0 Å². The van der Waals surface area contributed by atoms with Gasteiger partial charge in [-0.3, -0.25) is 0 Å². The number of hydrogen-bond donors (Lipinski definition) is 0. The van der Waals surface area contributed by atoms with Gasteiger partial charge in [0.25, 0.3) is 0 Å². The lowest BCUT2D eigenvalue weighted by Crippen LogP contribution is -2.11. The standard InChI is InChI=1S/C11H18/c1-3-4-8-11-9-6-5-7-10(11)2/h3-5,7,10-11H,6,8-9H2,1-2H3. The molecular formula is C11H18. The Morgan fingerprint density at radius 1 is 1.55 bits per heavy atom. The van der Waals surface area contributed by atoms with Gasteiger partial charge in [-0.2, -0.15) is 0 Å². The molecule has 0 amide bonds. The predicted octanol–water partition coefficient (Wildman–Crippen LogP) is 3.55. The van der Waals surface area contributed by atoms with Crippen LogP contribution in [0.2, 0.25) is 0 Å². The fourth-order valence-corrected chi connectivity index (χ4v) is 1.68. The van der Waals surface area contributed by atoms with Crippen LogP contribution in [0.4, 0.5) is 0 Å². The summed E-state index contributed by atoms with van der Waals surface area (Å²) in [7, 11) is 0. The van der Waals surface area contributed by atoms with E-state index in [1.165, 1.54) is 19.3 Å². The molecule has 0 radical (unpaired) electrons. The zero-order valence-electron chi connectivity index (χ0n) is 7.59. The lowest BCUT2D eigenvalue weighted by molar-refractivity contribution is 0.382. The number of allylic oxidation sites excluding steroid dienone is 4. The Morgan fingerprint density at radius 2 is 2.36 bits per heavy atom. The molecule has 1 aliphatic carbocycles. The lowest BCUT2D eigenvalue weighted by atomic mass is 9.83. The van der Waals surface area contributed by atoms with Gasteiger partial charge >= 0.3 is 0 Å². The molecule has 0 nitrogen and oxygen atoms in total. The Morgan fingerprint density at radius 3 is 3.00 bits per heavy atom. The Hall–Kier alpha value is -0.520. The van der Waals surface area contributed by atoms with Gasteiger partial charge in [0.05, 0.1) is 0 Å². The van der Waals surface area contributed by atoms with Gasteiger partial charge in [-0.25, -0.2) is 0 Å². The third-order valence-corrected chi connectivity index (χ3v) is 2.56. The molecule has 0 saturated heterocycles. The summed E-state index contributed by atoms with van der Waals surface area (Å²) in [5.41, 5.74) is 0. The molecule has 1 aliphatic rings. The molecule has 1 rings (SSSR count). The van der Waals surface area contributed by atoms with Crippen molar-refractivity contribution in [2.24, 2.45) is 11.8 Å². The molecule has 11 heavy (non-hydrogen) atoms. The van der Waals surface area contributed by atoms with E-state index in [4.69, 9.17) is 0 Å². The molecule has 62 valence electrons. The second kappa shape index (κ2) is 4.38. The van der Waals surface area contributed by atoms with Crippen molar-refractivity contribution >= 4 is 0 Å². The van der Waals surface area contributed by atoms with E-state index in [0.717, 1.165) is 11.8 Å². The summed E-state index contributed by atoms with van der Waals surface area (Å²) in [6, 6.07) is 0. The maximum atomic E-state index is 2.36. The Kier molecular flexibility index (Phi) is 3.41. The van der Waals surface area contributed by atoms with Crippen molar-refractivity contribution in [2.45, 2.75) is 33.1 Å². The molecule has 2 unspecified atom stereocenters. The van der Waals surface area contributed by atoms with E-state index in [-0.39, 0.29) is 0 Å². The molecule has 0 aliphatic heterocycles. The highest BCUT2D eigenvalue weighted by molar-refractivity contribution is 4.97. The fraction of sp³-hybridized carbons (Fsp3) is 0.636. The van der Waals surface area contributed by atoms with Gasteiger partial charge in [0.2, 0.25) is 0 Å². The van der Waals surface area contributed by atoms with Crippen LogP contribution < -0.4 is 0 Å². The van der Waals surface area contributed by atoms with E-state index in [9.17, 15) is 0 Å². The van der Waals surface area contributed by atoms with Gasteiger partial charge in [0.1, 0.15) is 0 Å². The highest BCUT2D eigenvalue weighted by Crippen LogP contribution is 2.27. The van der Waals surface area contributed by atoms with E-state index in [1.54, 1.807) is 0 Å². The first-order valence-electron chi connectivity index (χ1n) is 4.62. The summed E-state index contributed by atoms with van der Waals surface area (Å²) in [5, 5.41) is 0. The minimum atomic E-state index is 0.792. The first-order chi connectivity index (χ1) is 5.34. The van der Waals surface area contributed by atoms with Crippen LogP contribution in [0.5, 0.6) is 0 Å². The smallest absolute Gasteiger partial charge is 0.0231 e. The summed E-state index contributed by atoms with van der Waals surface area (Å²) in [6.07, 6.45) is 13.1. The summed E-state index contributed by atoms with van der Waals surface area (Å²) >= 11 is 0. The molecule has 0 heteroatoms. The number of hydrogen-bond acceptors (Lipinski definition) is 0. The molecule has 2 atom stereocenters. The maximum absolute atomic E-state index is 2.36. The topological polar surface area (TPSA) is 0 Å². The first-order valence-corrected chi connectivity index (χ1v) is 4.62.